The number of rotatable bonds is 6. The number of carbonyl (C=O) groups excluding carboxylic acids is 1. The van der Waals surface area contributed by atoms with Gasteiger partial charge >= 0.3 is 6.18 Å². The molecule has 3 N–H and O–H groups in total. The van der Waals surface area contributed by atoms with Gasteiger partial charge in [-0.15, -0.1) is 0 Å². The van der Waals surface area contributed by atoms with Gasteiger partial charge in [-0.2, -0.15) is 13.2 Å². The zero-order valence-corrected chi connectivity index (χ0v) is 12.3. The van der Waals surface area contributed by atoms with Crippen molar-refractivity contribution in [3.63, 3.8) is 0 Å². The van der Waals surface area contributed by atoms with Crippen molar-refractivity contribution >= 4 is 5.91 Å². The summed E-state index contributed by atoms with van der Waals surface area (Å²) < 4.78 is 38.2. The minimum atomic E-state index is -4.36. The van der Waals surface area contributed by atoms with E-state index in [0.717, 1.165) is 12.1 Å². The van der Waals surface area contributed by atoms with Crippen molar-refractivity contribution in [3.8, 4) is 0 Å². The summed E-state index contributed by atoms with van der Waals surface area (Å²) in [5, 5.41) is 2.74. The smallest absolute Gasteiger partial charge is 0.355 e. The van der Waals surface area contributed by atoms with Crippen LogP contribution in [0, 0.1) is 0 Å². The third-order valence-electron chi connectivity index (χ3n) is 3.31. The molecule has 118 valence electrons. The van der Waals surface area contributed by atoms with E-state index in [1.807, 2.05) is 0 Å². The van der Waals surface area contributed by atoms with Crippen molar-refractivity contribution in [3.05, 3.63) is 35.4 Å². The van der Waals surface area contributed by atoms with Gasteiger partial charge in [-0.1, -0.05) is 32.0 Å². The first kappa shape index (κ1) is 17.5. The predicted octanol–water partition coefficient (Wildman–Crippen LogP) is 2.84. The molecule has 1 rings (SSSR count). The Balaban J connectivity index is 2.76. The molecule has 0 aliphatic heterocycles. The molecule has 0 aromatic heterocycles. The minimum absolute atomic E-state index is 0.138. The van der Waals surface area contributed by atoms with Gasteiger partial charge in [0.15, 0.2) is 0 Å². The van der Waals surface area contributed by atoms with E-state index in [4.69, 9.17) is 5.73 Å². The van der Waals surface area contributed by atoms with Crippen molar-refractivity contribution < 1.29 is 18.0 Å². The molecule has 6 heteroatoms. The molecule has 0 aliphatic rings. The van der Waals surface area contributed by atoms with Crippen molar-refractivity contribution in [1.82, 2.24) is 5.32 Å². The first-order valence-electron chi connectivity index (χ1n) is 6.81. The van der Waals surface area contributed by atoms with Crippen molar-refractivity contribution in [2.75, 3.05) is 13.1 Å². The lowest BCUT2D eigenvalue weighted by Gasteiger charge is -2.26. The fraction of sp³-hybridized carbons (Fsp3) is 0.533. The molecule has 3 nitrogen and oxygen atoms in total. The molecule has 0 heterocycles. The summed E-state index contributed by atoms with van der Waals surface area (Å²) in [5.74, 6) is -0.138. The quantitative estimate of drug-likeness (QED) is 0.849. The average Bonchev–Trinajstić information content (AvgIpc) is 2.42. The molecule has 0 radical (unpaired) electrons. The van der Waals surface area contributed by atoms with Crippen LogP contribution in [0.3, 0.4) is 0 Å². The van der Waals surface area contributed by atoms with Crippen LogP contribution in [-0.2, 0) is 16.4 Å². The Bertz CT molecular complexity index is 484. The van der Waals surface area contributed by atoms with Gasteiger partial charge < -0.3 is 11.1 Å². The minimum Gasteiger partial charge on any atom is -0.355 e. The lowest BCUT2D eigenvalue weighted by molar-refractivity contribution is -0.137. The zero-order valence-electron chi connectivity index (χ0n) is 12.3. The number of hydrogen-bond acceptors (Lipinski definition) is 2. The molecule has 0 saturated heterocycles. The summed E-state index contributed by atoms with van der Waals surface area (Å²) in [6.45, 7) is 4.31. The SMILES string of the molecule is CC(C)(CNC(=O)CCCN)c1cccc(C(F)(F)F)c1. The molecule has 0 atom stereocenters. The van der Waals surface area contributed by atoms with Gasteiger partial charge in [-0.3, -0.25) is 4.79 Å². The number of hydrogen-bond donors (Lipinski definition) is 2. The van der Waals surface area contributed by atoms with E-state index in [0.29, 0.717) is 24.9 Å². The van der Waals surface area contributed by atoms with E-state index < -0.39 is 17.2 Å². The first-order chi connectivity index (χ1) is 9.66. The normalized spacial score (nSPS) is 12.3. The Morgan fingerprint density at radius 3 is 2.43 bits per heavy atom. The molecule has 1 aromatic carbocycles. The van der Waals surface area contributed by atoms with Gasteiger partial charge in [0, 0.05) is 18.4 Å². The van der Waals surface area contributed by atoms with E-state index >= 15 is 0 Å². The van der Waals surface area contributed by atoms with Gasteiger partial charge in [0.25, 0.3) is 0 Å². The summed E-state index contributed by atoms with van der Waals surface area (Å²) in [5.41, 5.74) is 4.60. The number of nitrogens with one attached hydrogen (secondary N) is 1. The van der Waals surface area contributed by atoms with Crippen molar-refractivity contribution in [2.45, 2.75) is 38.3 Å². The average molecular weight is 302 g/mol. The Kier molecular flexibility index (Phi) is 5.78. The molecule has 0 bridgehead atoms. The summed E-state index contributed by atoms with van der Waals surface area (Å²) >= 11 is 0. The standard InChI is InChI=1S/C15H21F3N2O/c1-14(2,10-20-13(21)7-4-8-19)11-5-3-6-12(9-11)15(16,17)18/h3,5-6,9H,4,7-8,10,19H2,1-2H3,(H,20,21). The van der Waals surface area contributed by atoms with E-state index in [-0.39, 0.29) is 12.5 Å². The van der Waals surface area contributed by atoms with Crippen LogP contribution in [0.15, 0.2) is 24.3 Å². The van der Waals surface area contributed by atoms with E-state index in [9.17, 15) is 18.0 Å². The van der Waals surface area contributed by atoms with Gasteiger partial charge in [0.05, 0.1) is 5.56 Å². The molecule has 0 saturated carbocycles. The van der Waals surface area contributed by atoms with Crippen LogP contribution < -0.4 is 11.1 Å². The predicted molar refractivity (Wildman–Crippen MR) is 75.8 cm³/mol. The summed E-state index contributed by atoms with van der Waals surface area (Å²) in [7, 11) is 0. The van der Waals surface area contributed by atoms with E-state index in [1.165, 1.54) is 6.07 Å². The summed E-state index contributed by atoms with van der Waals surface area (Å²) in [6, 6.07) is 5.20. The molecule has 1 amide bonds. The van der Waals surface area contributed by atoms with E-state index in [1.54, 1.807) is 19.9 Å². The van der Waals surface area contributed by atoms with Gasteiger partial charge in [-0.25, -0.2) is 0 Å². The van der Waals surface area contributed by atoms with Gasteiger partial charge in [0.1, 0.15) is 0 Å². The van der Waals surface area contributed by atoms with Crippen LogP contribution in [0.4, 0.5) is 13.2 Å². The van der Waals surface area contributed by atoms with Crippen LogP contribution in [0.25, 0.3) is 0 Å². The molecule has 0 aliphatic carbocycles. The monoisotopic (exact) mass is 302 g/mol. The Morgan fingerprint density at radius 2 is 1.86 bits per heavy atom. The lowest BCUT2D eigenvalue weighted by atomic mass is 9.83. The third kappa shape index (κ3) is 5.38. The topological polar surface area (TPSA) is 55.1 Å². The van der Waals surface area contributed by atoms with Gasteiger partial charge in [-0.05, 0) is 24.6 Å². The fourth-order valence-electron chi connectivity index (χ4n) is 1.89. The molecule has 0 unspecified atom stereocenters. The highest BCUT2D eigenvalue weighted by Gasteiger charge is 2.32. The van der Waals surface area contributed by atoms with Crippen LogP contribution in [-0.4, -0.2) is 19.0 Å². The van der Waals surface area contributed by atoms with E-state index in [2.05, 4.69) is 5.32 Å². The number of halogens is 3. The third-order valence-corrected chi connectivity index (χ3v) is 3.31. The van der Waals surface area contributed by atoms with Crippen LogP contribution in [0.1, 0.15) is 37.8 Å². The summed E-state index contributed by atoms with van der Waals surface area (Å²) in [6.07, 6.45) is -3.44. The largest absolute Gasteiger partial charge is 0.416 e. The maximum Gasteiger partial charge on any atom is 0.416 e. The second kappa shape index (κ2) is 6.93. The first-order valence-corrected chi connectivity index (χ1v) is 6.81. The molecular weight excluding hydrogens is 281 g/mol. The highest BCUT2D eigenvalue weighted by atomic mass is 19.4. The lowest BCUT2D eigenvalue weighted by Crippen LogP contribution is -2.36. The maximum absolute atomic E-state index is 12.7. The zero-order chi connectivity index (χ0) is 16.1. The molecule has 1 aromatic rings. The van der Waals surface area contributed by atoms with Crippen molar-refractivity contribution in [2.24, 2.45) is 5.73 Å². The van der Waals surface area contributed by atoms with Crippen LogP contribution in [0.5, 0.6) is 0 Å². The van der Waals surface area contributed by atoms with Crippen LogP contribution in [0.2, 0.25) is 0 Å². The highest BCUT2D eigenvalue weighted by Crippen LogP contribution is 2.32. The fourth-order valence-corrected chi connectivity index (χ4v) is 1.89. The summed E-state index contributed by atoms with van der Waals surface area (Å²) in [4.78, 5) is 11.6. The number of carbonyl (C=O) groups is 1. The second-order valence-electron chi connectivity index (χ2n) is 5.63. The Labute approximate surface area is 122 Å². The van der Waals surface area contributed by atoms with Crippen molar-refractivity contribution in [1.29, 1.82) is 0 Å². The molecule has 0 spiro atoms. The number of alkyl halides is 3. The Hall–Kier alpha value is -1.56. The van der Waals surface area contributed by atoms with Gasteiger partial charge in [0.2, 0.25) is 5.91 Å². The molecule has 21 heavy (non-hydrogen) atoms. The number of nitrogens with two attached hydrogens (primary N) is 1. The number of benzene rings is 1. The second-order valence-corrected chi connectivity index (χ2v) is 5.63. The molecular formula is C15H21F3N2O. The number of amides is 1. The molecule has 0 fully saturated rings. The highest BCUT2D eigenvalue weighted by molar-refractivity contribution is 5.75. The maximum atomic E-state index is 12.7. The van der Waals surface area contributed by atoms with Crippen LogP contribution >= 0.6 is 0 Å². The Morgan fingerprint density at radius 1 is 1.24 bits per heavy atom.